The molecule has 0 aromatic rings. The van der Waals surface area contributed by atoms with Crippen molar-refractivity contribution < 1.29 is 24.0 Å². The third-order valence-corrected chi connectivity index (χ3v) is 3.00. The van der Waals surface area contributed by atoms with Gasteiger partial charge in [0.15, 0.2) is 0 Å². The van der Waals surface area contributed by atoms with E-state index >= 15 is 0 Å². The van der Waals surface area contributed by atoms with Gasteiger partial charge in [-0.3, -0.25) is 19.3 Å². The first-order valence-corrected chi connectivity index (χ1v) is 7.65. The lowest BCUT2D eigenvalue weighted by Crippen LogP contribution is -2.32. The molecule has 0 saturated carbocycles. The Hall–Kier alpha value is -2.44. The van der Waals surface area contributed by atoms with Gasteiger partial charge in [-0.25, -0.2) is 4.79 Å². The van der Waals surface area contributed by atoms with Gasteiger partial charge in [0.05, 0.1) is 5.70 Å². The first-order valence-electron chi connectivity index (χ1n) is 7.65. The standard InChI is InChI=1S/C13H14N2O5.C3H8/c1-9-4-5-12(18)15(9)20-13(19)3-2-8-14-10(16)6-7-11(14)17;1-3-2/h6-7H,1-5,8H2;3H2,1-2H3. The molecule has 2 heterocycles. The second-order valence-corrected chi connectivity index (χ2v) is 5.19. The summed E-state index contributed by atoms with van der Waals surface area (Å²) in [7, 11) is 0. The fourth-order valence-corrected chi connectivity index (χ4v) is 1.93. The third-order valence-electron chi connectivity index (χ3n) is 3.00. The summed E-state index contributed by atoms with van der Waals surface area (Å²) < 4.78 is 0. The molecule has 0 N–H and O–H groups in total. The molecule has 0 aliphatic carbocycles. The highest BCUT2D eigenvalue weighted by Crippen LogP contribution is 2.21. The largest absolute Gasteiger partial charge is 0.334 e. The number of amides is 3. The van der Waals surface area contributed by atoms with Crippen molar-refractivity contribution in [3.63, 3.8) is 0 Å². The van der Waals surface area contributed by atoms with Crippen LogP contribution in [0.2, 0.25) is 0 Å². The van der Waals surface area contributed by atoms with Crippen LogP contribution in [0.25, 0.3) is 0 Å². The molecule has 0 bridgehead atoms. The fraction of sp³-hybridized carbons (Fsp3) is 0.500. The van der Waals surface area contributed by atoms with Gasteiger partial charge in [-0.15, -0.1) is 5.06 Å². The Bertz CT molecular complexity index is 505. The van der Waals surface area contributed by atoms with Gasteiger partial charge in [-0.1, -0.05) is 26.8 Å². The molecule has 2 aliphatic heterocycles. The van der Waals surface area contributed by atoms with Gasteiger partial charge in [0, 0.05) is 31.5 Å². The van der Waals surface area contributed by atoms with Crippen LogP contribution in [0.5, 0.6) is 0 Å². The predicted octanol–water partition coefficient (Wildman–Crippen LogP) is 1.70. The first kappa shape index (κ1) is 18.6. The smallest absolute Gasteiger partial charge is 0.333 e. The van der Waals surface area contributed by atoms with Crippen molar-refractivity contribution in [2.24, 2.45) is 0 Å². The maximum absolute atomic E-state index is 11.6. The zero-order valence-corrected chi connectivity index (χ0v) is 13.5. The minimum absolute atomic E-state index is 0.00806. The van der Waals surface area contributed by atoms with E-state index in [1.54, 1.807) is 0 Å². The van der Waals surface area contributed by atoms with Crippen molar-refractivity contribution in [2.75, 3.05) is 6.54 Å². The van der Waals surface area contributed by atoms with Gasteiger partial charge in [0.25, 0.3) is 17.7 Å². The second kappa shape index (κ2) is 8.87. The van der Waals surface area contributed by atoms with Gasteiger partial charge in [-0.2, -0.15) is 0 Å². The van der Waals surface area contributed by atoms with Crippen molar-refractivity contribution in [2.45, 2.75) is 46.0 Å². The maximum Gasteiger partial charge on any atom is 0.333 e. The molecule has 0 unspecified atom stereocenters. The number of imide groups is 1. The Labute approximate surface area is 135 Å². The molecule has 2 rings (SSSR count). The van der Waals surface area contributed by atoms with Crippen LogP contribution in [0, 0.1) is 0 Å². The predicted molar refractivity (Wildman–Crippen MR) is 82.4 cm³/mol. The van der Waals surface area contributed by atoms with E-state index in [2.05, 4.69) is 20.4 Å². The molecule has 0 atom stereocenters. The van der Waals surface area contributed by atoms with E-state index in [0.717, 1.165) is 9.96 Å². The van der Waals surface area contributed by atoms with Crippen molar-refractivity contribution in [1.29, 1.82) is 0 Å². The van der Waals surface area contributed by atoms with E-state index in [9.17, 15) is 19.2 Å². The number of nitrogens with zero attached hydrogens (tertiary/aromatic N) is 2. The number of rotatable bonds is 5. The topological polar surface area (TPSA) is 84.0 Å². The quantitative estimate of drug-likeness (QED) is 0.719. The summed E-state index contributed by atoms with van der Waals surface area (Å²) >= 11 is 0. The van der Waals surface area contributed by atoms with Gasteiger partial charge in [0.1, 0.15) is 0 Å². The number of hydroxylamine groups is 2. The van der Waals surface area contributed by atoms with Crippen LogP contribution in [-0.4, -0.2) is 40.2 Å². The van der Waals surface area contributed by atoms with Crippen LogP contribution in [0.1, 0.15) is 46.0 Å². The molecule has 23 heavy (non-hydrogen) atoms. The van der Waals surface area contributed by atoms with Gasteiger partial charge >= 0.3 is 5.97 Å². The van der Waals surface area contributed by atoms with E-state index in [1.165, 1.54) is 18.6 Å². The summed E-state index contributed by atoms with van der Waals surface area (Å²) in [5, 5.41) is 0.913. The monoisotopic (exact) mass is 322 g/mol. The summed E-state index contributed by atoms with van der Waals surface area (Å²) in [5.74, 6) is -1.65. The molecular formula is C16H22N2O5. The highest BCUT2D eigenvalue weighted by atomic mass is 16.7. The summed E-state index contributed by atoms with van der Waals surface area (Å²) in [6, 6.07) is 0. The summed E-state index contributed by atoms with van der Waals surface area (Å²) in [5.41, 5.74) is 0.456. The molecule has 3 amide bonds. The summed E-state index contributed by atoms with van der Waals surface area (Å²) in [6.07, 6.45) is 4.69. The van der Waals surface area contributed by atoms with Crippen LogP contribution in [0.3, 0.4) is 0 Å². The molecule has 0 spiro atoms. The molecule has 2 aliphatic rings. The molecule has 1 saturated heterocycles. The van der Waals surface area contributed by atoms with E-state index in [4.69, 9.17) is 4.84 Å². The zero-order chi connectivity index (χ0) is 17.4. The van der Waals surface area contributed by atoms with Crippen molar-refractivity contribution >= 4 is 23.7 Å². The van der Waals surface area contributed by atoms with Crippen LogP contribution >= 0.6 is 0 Å². The van der Waals surface area contributed by atoms with E-state index in [0.29, 0.717) is 12.1 Å². The van der Waals surface area contributed by atoms with E-state index in [-0.39, 0.29) is 43.5 Å². The lowest BCUT2D eigenvalue weighted by Gasteiger charge is -2.16. The fourth-order valence-electron chi connectivity index (χ4n) is 1.93. The van der Waals surface area contributed by atoms with Gasteiger partial charge in [0.2, 0.25) is 0 Å². The maximum atomic E-state index is 11.6. The van der Waals surface area contributed by atoms with Crippen LogP contribution in [-0.2, 0) is 24.0 Å². The van der Waals surface area contributed by atoms with E-state index in [1.807, 2.05) is 0 Å². The van der Waals surface area contributed by atoms with Gasteiger partial charge in [-0.05, 0) is 12.8 Å². The minimum atomic E-state index is -0.589. The number of carbonyl (C=O) groups is 4. The lowest BCUT2D eigenvalue weighted by atomic mass is 10.3. The van der Waals surface area contributed by atoms with E-state index < -0.39 is 5.97 Å². The van der Waals surface area contributed by atoms with Crippen molar-refractivity contribution in [3.8, 4) is 0 Å². The summed E-state index contributed by atoms with van der Waals surface area (Å²) in [4.78, 5) is 51.4. The number of carbonyl (C=O) groups excluding carboxylic acids is 4. The Balaban J connectivity index is 0.000000816. The molecule has 0 radical (unpaired) electrons. The summed E-state index contributed by atoms with van der Waals surface area (Å²) in [6.45, 7) is 8.02. The average Bonchev–Trinajstić information content (AvgIpc) is 2.98. The average molecular weight is 322 g/mol. The van der Waals surface area contributed by atoms with Gasteiger partial charge < -0.3 is 4.84 Å². The Morgan fingerprint density at radius 2 is 1.74 bits per heavy atom. The Morgan fingerprint density at radius 1 is 1.17 bits per heavy atom. The SMILES string of the molecule is C=C1CCC(=O)N1OC(=O)CCCN1C(=O)C=CC1=O.CCC. The molecule has 7 nitrogen and oxygen atoms in total. The number of hydrogen-bond acceptors (Lipinski definition) is 5. The normalized spacial score (nSPS) is 16.8. The zero-order valence-electron chi connectivity index (χ0n) is 13.5. The molecular weight excluding hydrogens is 300 g/mol. The number of allylic oxidation sites excluding steroid dienone is 1. The molecule has 126 valence electrons. The second-order valence-electron chi connectivity index (χ2n) is 5.19. The van der Waals surface area contributed by atoms with Crippen LogP contribution in [0.15, 0.2) is 24.4 Å². The number of hydrogen-bond donors (Lipinski definition) is 0. The van der Waals surface area contributed by atoms with Crippen LogP contribution in [0.4, 0.5) is 0 Å². The lowest BCUT2D eigenvalue weighted by molar-refractivity contribution is -0.186. The molecule has 0 aromatic carbocycles. The Morgan fingerprint density at radius 3 is 2.22 bits per heavy atom. The third kappa shape index (κ3) is 5.36. The van der Waals surface area contributed by atoms with Crippen LogP contribution < -0.4 is 0 Å². The van der Waals surface area contributed by atoms with Crippen molar-refractivity contribution in [1.82, 2.24) is 9.96 Å². The highest BCUT2D eigenvalue weighted by molar-refractivity contribution is 6.12. The molecule has 0 aromatic heterocycles. The molecule has 7 heteroatoms. The first-order chi connectivity index (χ1) is 10.9. The molecule has 1 fully saturated rings. The highest BCUT2D eigenvalue weighted by Gasteiger charge is 2.28. The Kier molecular flexibility index (Phi) is 7.18. The van der Waals surface area contributed by atoms with Crippen molar-refractivity contribution in [3.05, 3.63) is 24.4 Å². The minimum Gasteiger partial charge on any atom is -0.334 e.